The molecule has 0 amide bonds. The van der Waals surface area contributed by atoms with Gasteiger partial charge in [0.05, 0.1) is 0 Å². The Morgan fingerprint density at radius 1 is 1.25 bits per heavy atom. The number of ether oxygens (including phenoxy) is 1. The average Bonchev–Trinajstić information content (AvgIpc) is 1.71. The fourth-order valence-corrected chi connectivity index (χ4v) is 0.204. The van der Waals surface area contributed by atoms with Crippen molar-refractivity contribution in [3.63, 3.8) is 0 Å². The Hall–Kier alpha value is -0.115. The van der Waals surface area contributed by atoms with Gasteiger partial charge in [-0.1, -0.05) is 0 Å². The molecule has 50 valence electrons. The molecule has 0 aliphatic rings. The van der Waals surface area contributed by atoms with E-state index in [0.717, 1.165) is 13.2 Å². The van der Waals surface area contributed by atoms with E-state index >= 15 is 0 Å². The summed E-state index contributed by atoms with van der Waals surface area (Å²) in [7, 11) is -1.75. The molecule has 0 rings (SSSR count). The van der Waals surface area contributed by atoms with Gasteiger partial charge in [0, 0.05) is 13.2 Å². The summed E-state index contributed by atoms with van der Waals surface area (Å²) in [4.78, 5) is 0. The van der Waals surface area contributed by atoms with Crippen molar-refractivity contribution in [2.45, 2.75) is 13.8 Å². The molecule has 0 aliphatic carbocycles. The lowest BCUT2D eigenvalue weighted by Gasteiger charge is -1.86. The first kappa shape index (κ1) is 10.8. The lowest BCUT2D eigenvalue weighted by atomic mass is 10.6. The van der Waals surface area contributed by atoms with E-state index in [0.29, 0.717) is 0 Å². The minimum atomic E-state index is -1.75. The zero-order chi connectivity index (χ0) is 6.83. The molecule has 4 heteroatoms. The van der Waals surface area contributed by atoms with Gasteiger partial charge in [-0.15, -0.1) is 0 Å². The Bertz CT molecular complexity index is 28.0. The number of halogens is 2. The zero-order valence-corrected chi connectivity index (χ0v) is 5.29. The van der Waals surface area contributed by atoms with Crippen LogP contribution in [0.3, 0.4) is 0 Å². The molecule has 0 saturated heterocycles. The predicted molar refractivity (Wildman–Crippen MR) is 31.5 cm³/mol. The molecule has 0 aromatic heterocycles. The Morgan fingerprint density at radius 2 is 1.50 bits per heavy atom. The maximum atomic E-state index is 9.62. The summed E-state index contributed by atoms with van der Waals surface area (Å²) in [6, 6.07) is 0. The maximum absolute atomic E-state index is 9.62. The highest BCUT2D eigenvalue weighted by Gasteiger charge is 1.64. The van der Waals surface area contributed by atoms with Gasteiger partial charge in [-0.25, -0.2) is 0 Å². The monoisotopic (exact) mass is 124 g/mol. The standard InChI is InChI=1S/C4H10O.BF2H/c1-3-5-4-2;2-1-3/h3-4H2,1-2H3;1H. The van der Waals surface area contributed by atoms with Crippen molar-refractivity contribution >= 4 is 7.83 Å². The summed E-state index contributed by atoms with van der Waals surface area (Å²) in [6.45, 7) is 5.67. The Labute approximate surface area is 49.4 Å². The van der Waals surface area contributed by atoms with Crippen LogP contribution >= 0.6 is 0 Å². The van der Waals surface area contributed by atoms with Crippen LogP contribution in [-0.4, -0.2) is 21.0 Å². The van der Waals surface area contributed by atoms with Crippen LogP contribution in [0.15, 0.2) is 0 Å². The highest BCUT2D eigenvalue weighted by atomic mass is 19.2. The summed E-state index contributed by atoms with van der Waals surface area (Å²) in [5.41, 5.74) is 0. The molecule has 0 unspecified atom stereocenters. The van der Waals surface area contributed by atoms with E-state index in [1.165, 1.54) is 0 Å². The second kappa shape index (κ2) is 15.8. The molecule has 0 aromatic carbocycles. The minimum absolute atomic E-state index is 0.844. The van der Waals surface area contributed by atoms with Gasteiger partial charge in [0.15, 0.2) is 0 Å². The first-order chi connectivity index (χ1) is 3.83. The second-order valence-electron chi connectivity index (χ2n) is 0.882. The Balaban J connectivity index is 0. The molecule has 0 aromatic rings. The fraction of sp³-hybridized carbons (Fsp3) is 1.00. The largest absolute Gasteiger partial charge is 0.521 e. The number of rotatable bonds is 2. The lowest BCUT2D eigenvalue weighted by Crippen LogP contribution is -1.84. The van der Waals surface area contributed by atoms with Crippen LogP contribution in [0.5, 0.6) is 0 Å². The summed E-state index contributed by atoms with van der Waals surface area (Å²) in [5, 5.41) is 0. The van der Waals surface area contributed by atoms with Gasteiger partial charge in [-0.05, 0) is 13.8 Å². The molecule has 0 N–H and O–H groups in total. The molecule has 8 heavy (non-hydrogen) atoms. The summed E-state index contributed by atoms with van der Waals surface area (Å²) in [5.74, 6) is 0. The molecule has 0 heterocycles. The highest BCUT2D eigenvalue weighted by Crippen LogP contribution is 1.64. The SMILES string of the molecule is CCOCC.FBF. The molecule has 0 spiro atoms. The van der Waals surface area contributed by atoms with Crippen molar-refractivity contribution in [1.82, 2.24) is 0 Å². The van der Waals surface area contributed by atoms with Crippen LogP contribution in [0.1, 0.15) is 13.8 Å². The number of hydrogen-bond acceptors (Lipinski definition) is 1. The average molecular weight is 124 g/mol. The molecule has 0 saturated carbocycles. The van der Waals surface area contributed by atoms with Gasteiger partial charge in [0.25, 0.3) is 0 Å². The van der Waals surface area contributed by atoms with E-state index in [4.69, 9.17) is 4.74 Å². The van der Waals surface area contributed by atoms with E-state index in [1.54, 1.807) is 0 Å². The first-order valence-corrected chi connectivity index (χ1v) is 2.53. The highest BCUT2D eigenvalue weighted by molar-refractivity contribution is 6.15. The van der Waals surface area contributed by atoms with Crippen LogP contribution in [0, 0.1) is 0 Å². The van der Waals surface area contributed by atoms with Gasteiger partial charge in [-0.3, -0.25) is 8.63 Å². The smallest absolute Gasteiger partial charge is 0.382 e. The van der Waals surface area contributed by atoms with Gasteiger partial charge in [-0.2, -0.15) is 0 Å². The Morgan fingerprint density at radius 3 is 1.50 bits per heavy atom. The molecule has 0 bridgehead atoms. The van der Waals surface area contributed by atoms with Crippen LogP contribution in [0.2, 0.25) is 0 Å². The van der Waals surface area contributed by atoms with Crippen LogP contribution < -0.4 is 0 Å². The lowest BCUT2D eigenvalue weighted by molar-refractivity contribution is 0.162. The van der Waals surface area contributed by atoms with Crippen LogP contribution in [0.4, 0.5) is 8.63 Å². The molecule has 0 atom stereocenters. The topological polar surface area (TPSA) is 9.23 Å². The first-order valence-electron chi connectivity index (χ1n) is 2.53. The second-order valence-corrected chi connectivity index (χ2v) is 0.882. The molecule has 0 fully saturated rings. The summed E-state index contributed by atoms with van der Waals surface area (Å²) >= 11 is 0. The summed E-state index contributed by atoms with van der Waals surface area (Å²) < 4.78 is 24.1. The minimum Gasteiger partial charge on any atom is -0.382 e. The van der Waals surface area contributed by atoms with Gasteiger partial charge >= 0.3 is 7.83 Å². The number of hydrogen-bond donors (Lipinski definition) is 0. The molecular formula is C4H11BF2O. The van der Waals surface area contributed by atoms with Crippen molar-refractivity contribution in [2.24, 2.45) is 0 Å². The molecular weight excluding hydrogens is 113 g/mol. The molecule has 0 aliphatic heterocycles. The van der Waals surface area contributed by atoms with Crippen molar-refractivity contribution in [3.8, 4) is 0 Å². The van der Waals surface area contributed by atoms with Crippen molar-refractivity contribution in [1.29, 1.82) is 0 Å². The van der Waals surface area contributed by atoms with Crippen molar-refractivity contribution < 1.29 is 13.4 Å². The fourth-order valence-electron chi connectivity index (χ4n) is 0.204. The van der Waals surface area contributed by atoms with E-state index in [2.05, 4.69) is 0 Å². The van der Waals surface area contributed by atoms with E-state index in [-0.39, 0.29) is 0 Å². The van der Waals surface area contributed by atoms with E-state index < -0.39 is 7.83 Å². The third-order valence-corrected chi connectivity index (χ3v) is 0.408. The van der Waals surface area contributed by atoms with Gasteiger partial charge in [0.2, 0.25) is 0 Å². The zero-order valence-electron chi connectivity index (χ0n) is 5.29. The van der Waals surface area contributed by atoms with E-state index in [9.17, 15) is 8.63 Å². The quantitative estimate of drug-likeness (QED) is 0.503. The molecule has 1 nitrogen and oxygen atoms in total. The predicted octanol–water partition coefficient (Wildman–Crippen LogP) is 1.23. The van der Waals surface area contributed by atoms with Crippen molar-refractivity contribution in [2.75, 3.05) is 13.2 Å². The van der Waals surface area contributed by atoms with E-state index in [1.807, 2.05) is 13.8 Å². The summed E-state index contributed by atoms with van der Waals surface area (Å²) in [6.07, 6.45) is 0. The van der Waals surface area contributed by atoms with Crippen molar-refractivity contribution in [3.05, 3.63) is 0 Å². The maximum Gasteiger partial charge on any atom is 0.521 e. The van der Waals surface area contributed by atoms with Crippen LogP contribution in [0.25, 0.3) is 0 Å². The normalized spacial score (nSPS) is 7.00. The van der Waals surface area contributed by atoms with Gasteiger partial charge in [0.1, 0.15) is 0 Å². The third kappa shape index (κ3) is 39.5. The van der Waals surface area contributed by atoms with Gasteiger partial charge < -0.3 is 4.74 Å². The Kier molecular flexibility index (Phi) is 21.3. The van der Waals surface area contributed by atoms with Crippen LogP contribution in [-0.2, 0) is 4.74 Å². The third-order valence-electron chi connectivity index (χ3n) is 0.408. The molecule has 0 radical (unpaired) electrons.